The lowest BCUT2D eigenvalue weighted by Gasteiger charge is -1.93. The van der Waals surface area contributed by atoms with Crippen molar-refractivity contribution < 1.29 is 0 Å². The molecule has 0 N–H and O–H groups in total. The second-order valence-corrected chi connectivity index (χ2v) is 9.75. The summed E-state index contributed by atoms with van der Waals surface area (Å²) in [6.45, 7) is 8.02. The summed E-state index contributed by atoms with van der Waals surface area (Å²) >= 11 is 30.0. The van der Waals surface area contributed by atoms with E-state index in [0.29, 0.717) is 0 Å². The number of benzene rings is 3. The standard InChI is InChI=1S/C8H10.C7H8.C6H5Cl.C2H4Cl2.CHCl3/c1-7-5-3-4-6-8(7)2;1-7-5-3-2-4-6-7;7-6-4-2-1-3-5-6;1-2(3)4;2-1(3)4/h3-6H,1-2H3;2-6H,1H3;1-5H;2H,1H3;1H. The Bertz CT molecular complexity index is 661. The molecule has 0 saturated carbocycles. The van der Waals surface area contributed by atoms with Crippen LogP contribution in [-0.4, -0.2) is 9.13 Å². The molecule has 0 heterocycles. The molecular weight excluding hydrogens is 501 g/mol. The Balaban J connectivity index is 0. The van der Waals surface area contributed by atoms with Gasteiger partial charge in [-0.15, -0.1) is 23.2 Å². The topological polar surface area (TPSA) is 0 Å². The molecule has 0 amide bonds. The van der Waals surface area contributed by atoms with Gasteiger partial charge in [0.15, 0.2) is 4.30 Å². The van der Waals surface area contributed by atoms with Gasteiger partial charge >= 0.3 is 0 Å². The van der Waals surface area contributed by atoms with Crippen LogP contribution in [0, 0.1) is 20.8 Å². The largest absolute Gasteiger partial charge is 0.180 e. The van der Waals surface area contributed by atoms with Crippen LogP contribution in [0.1, 0.15) is 23.6 Å². The Morgan fingerprint density at radius 1 is 0.533 bits per heavy atom. The molecule has 0 fully saturated rings. The monoisotopic (exact) mass is 526 g/mol. The first kappa shape index (κ1) is 31.6. The Labute approximate surface area is 212 Å². The normalized spacial score (nSPS) is 8.93. The first-order chi connectivity index (χ1) is 14.1. The molecule has 3 aromatic rings. The predicted molar refractivity (Wildman–Crippen MR) is 141 cm³/mol. The fourth-order valence-corrected chi connectivity index (χ4v) is 1.76. The van der Waals surface area contributed by atoms with Gasteiger partial charge in [0.25, 0.3) is 0 Å². The van der Waals surface area contributed by atoms with E-state index in [2.05, 4.69) is 57.2 Å². The van der Waals surface area contributed by atoms with Crippen LogP contribution in [-0.2, 0) is 0 Å². The highest BCUT2D eigenvalue weighted by molar-refractivity contribution is 6.63. The van der Waals surface area contributed by atoms with Crippen LogP contribution >= 0.6 is 69.6 Å². The summed E-state index contributed by atoms with van der Waals surface area (Å²) in [4.78, 5) is -0.222. The van der Waals surface area contributed by atoms with Gasteiger partial charge in [0.2, 0.25) is 0 Å². The molecule has 0 aromatic heterocycles. The summed E-state index contributed by atoms with van der Waals surface area (Å²) in [7, 11) is 0. The van der Waals surface area contributed by atoms with E-state index in [1.54, 1.807) is 6.92 Å². The molecule has 3 rings (SSSR count). The number of hydrogen-bond donors (Lipinski definition) is 0. The quantitative estimate of drug-likeness (QED) is 0.254. The third kappa shape index (κ3) is 27.4. The third-order valence-corrected chi connectivity index (χ3v) is 3.35. The zero-order chi connectivity index (χ0) is 23.4. The van der Waals surface area contributed by atoms with Crippen molar-refractivity contribution in [2.45, 2.75) is 36.8 Å². The van der Waals surface area contributed by atoms with E-state index in [1.165, 1.54) is 16.7 Å². The lowest BCUT2D eigenvalue weighted by molar-refractivity contribution is 1.34. The predicted octanol–water partition coefficient (Wildman–Crippen LogP) is 10.4. The van der Waals surface area contributed by atoms with E-state index in [4.69, 9.17) is 69.6 Å². The molecule has 0 aliphatic rings. The summed E-state index contributed by atoms with van der Waals surface area (Å²) in [6.07, 6.45) is 0. The second kappa shape index (κ2) is 21.6. The van der Waals surface area contributed by atoms with Crippen molar-refractivity contribution in [3.05, 3.63) is 107 Å². The average Bonchev–Trinajstić information content (AvgIpc) is 2.66. The average molecular weight is 529 g/mol. The van der Waals surface area contributed by atoms with Gasteiger partial charge in [-0.2, -0.15) is 0 Å². The summed E-state index contributed by atoms with van der Waals surface area (Å²) in [6, 6.07) is 28.1. The number of hydrogen-bond acceptors (Lipinski definition) is 0. The van der Waals surface area contributed by atoms with Gasteiger partial charge in [0, 0.05) is 5.02 Å². The Morgan fingerprint density at radius 3 is 0.967 bits per heavy atom. The SMILES string of the molecule is CC(Cl)Cl.Cc1ccccc1.Cc1ccccc1C.ClC(Cl)Cl.Clc1ccccc1. The summed E-state index contributed by atoms with van der Waals surface area (Å²) in [5, 5.41) is 0.794. The van der Waals surface area contributed by atoms with Crippen LogP contribution in [0.25, 0.3) is 0 Å². The number of rotatable bonds is 0. The van der Waals surface area contributed by atoms with Crippen molar-refractivity contribution in [2.75, 3.05) is 0 Å². The van der Waals surface area contributed by atoms with Crippen molar-refractivity contribution in [3.63, 3.8) is 0 Å². The Hall–Kier alpha value is -0.600. The zero-order valence-corrected chi connectivity index (χ0v) is 22.0. The van der Waals surface area contributed by atoms with Crippen molar-refractivity contribution in [1.82, 2.24) is 0 Å². The van der Waals surface area contributed by atoms with Gasteiger partial charge in [-0.25, -0.2) is 0 Å². The Kier molecular flexibility index (Phi) is 22.8. The second-order valence-electron chi connectivity index (χ2n) is 5.80. The van der Waals surface area contributed by atoms with Gasteiger partial charge < -0.3 is 0 Å². The molecule has 0 aliphatic heterocycles. The first-order valence-corrected chi connectivity index (χ1v) is 11.6. The van der Waals surface area contributed by atoms with Crippen LogP contribution < -0.4 is 0 Å². The van der Waals surface area contributed by atoms with Crippen molar-refractivity contribution in [1.29, 1.82) is 0 Å². The molecule has 6 heteroatoms. The molecule has 0 saturated heterocycles. The minimum atomic E-state index is -0.750. The highest BCUT2D eigenvalue weighted by Gasteiger charge is 1.84. The van der Waals surface area contributed by atoms with Crippen LogP contribution in [0.3, 0.4) is 0 Å². The lowest BCUT2D eigenvalue weighted by atomic mass is 10.1. The summed E-state index contributed by atoms with van der Waals surface area (Å²) < 4.78 is -0.750. The molecule has 0 bridgehead atoms. The summed E-state index contributed by atoms with van der Waals surface area (Å²) in [5.41, 5.74) is 4.06. The maximum atomic E-state index is 5.54. The molecule has 0 nitrogen and oxygen atoms in total. The van der Waals surface area contributed by atoms with Gasteiger partial charge in [0.1, 0.15) is 4.84 Å². The van der Waals surface area contributed by atoms with Crippen LogP contribution in [0.4, 0.5) is 0 Å². The molecule has 0 aliphatic carbocycles. The molecule has 0 atom stereocenters. The Morgan fingerprint density at radius 2 is 0.800 bits per heavy atom. The minimum absolute atomic E-state index is 0.222. The molecule has 166 valence electrons. The molecule has 0 spiro atoms. The van der Waals surface area contributed by atoms with E-state index in [1.807, 2.05) is 48.5 Å². The van der Waals surface area contributed by atoms with Crippen LogP contribution in [0.2, 0.25) is 5.02 Å². The zero-order valence-electron chi connectivity index (χ0n) is 17.5. The van der Waals surface area contributed by atoms with Gasteiger partial charge in [-0.3, -0.25) is 0 Å². The smallest absolute Gasteiger partial charge is 0.106 e. The van der Waals surface area contributed by atoms with Crippen molar-refractivity contribution >= 4 is 69.6 Å². The lowest BCUT2D eigenvalue weighted by Crippen LogP contribution is -1.74. The van der Waals surface area contributed by atoms with Crippen LogP contribution in [0.15, 0.2) is 84.9 Å². The number of halogens is 6. The molecule has 0 unspecified atom stereocenters. The molecule has 0 radical (unpaired) electrons. The van der Waals surface area contributed by atoms with Gasteiger partial charge in [-0.05, 0) is 51.0 Å². The van der Waals surface area contributed by atoms with Crippen molar-refractivity contribution in [2.24, 2.45) is 0 Å². The van der Waals surface area contributed by atoms with E-state index in [0.717, 1.165) is 5.02 Å². The fourth-order valence-electron chi connectivity index (χ4n) is 1.61. The number of alkyl halides is 5. The maximum absolute atomic E-state index is 5.54. The maximum Gasteiger partial charge on any atom is 0.180 e. The van der Waals surface area contributed by atoms with Crippen LogP contribution in [0.5, 0.6) is 0 Å². The number of aryl methyl sites for hydroxylation is 3. The van der Waals surface area contributed by atoms with Gasteiger partial charge in [0.05, 0.1) is 0 Å². The molecule has 30 heavy (non-hydrogen) atoms. The summed E-state index contributed by atoms with van der Waals surface area (Å²) in [5.74, 6) is 0. The third-order valence-electron chi connectivity index (χ3n) is 3.10. The van der Waals surface area contributed by atoms with Gasteiger partial charge in [-0.1, -0.05) is 125 Å². The molecule has 3 aromatic carbocycles. The van der Waals surface area contributed by atoms with Crippen molar-refractivity contribution in [3.8, 4) is 0 Å². The van der Waals surface area contributed by atoms with E-state index < -0.39 is 4.30 Å². The molecular formula is C24H28Cl6. The minimum Gasteiger partial charge on any atom is -0.106 e. The highest BCUT2D eigenvalue weighted by Crippen LogP contribution is 2.04. The fraction of sp³-hybridized carbons (Fsp3) is 0.250. The van der Waals surface area contributed by atoms with E-state index in [9.17, 15) is 0 Å². The van der Waals surface area contributed by atoms with E-state index >= 15 is 0 Å². The first-order valence-electron chi connectivity index (χ1n) is 9.01. The van der Waals surface area contributed by atoms with E-state index in [-0.39, 0.29) is 4.84 Å². The highest BCUT2D eigenvalue weighted by atomic mass is 35.6.